The number of hydrogen-bond acceptors (Lipinski definition) is 3. The molecular formula is C22H29N3O2. The van der Waals surface area contributed by atoms with E-state index in [0.717, 1.165) is 36.5 Å². The van der Waals surface area contributed by atoms with E-state index < -0.39 is 0 Å². The van der Waals surface area contributed by atoms with Crippen LogP contribution in [0.4, 0.5) is 4.79 Å². The van der Waals surface area contributed by atoms with Crippen LogP contribution in [0, 0.1) is 0 Å². The Balaban J connectivity index is 1.66. The average molecular weight is 367 g/mol. The Bertz CT molecular complexity index is 744. The first kappa shape index (κ1) is 19.2. The molecule has 0 aliphatic carbocycles. The fourth-order valence-electron chi connectivity index (χ4n) is 3.31. The molecule has 2 aromatic carbocycles. The molecule has 5 nitrogen and oxygen atoms in total. The van der Waals surface area contributed by atoms with E-state index in [4.69, 9.17) is 4.74 Å². The molecule has 0 fully saturated rings. The van der Waals surface area contributed by atoms with Gasteiger partial charge in [0.25, 0.3) is 0 Å². The van der Waals surface area contributed by atoms with E-state index in [0.29, 0.717) is 26.2 Å². The number of fused-ring (bicyclic) bond motifs is 1. The number of benzene rings is 2. The molecule has 3 rings (SSSR count). The van der Waals surface area contributed by atoms with Crippen molar-refractivity contribution in [2.45, 2.75) is 33.5 Å². The van der Waals surface area contributed by atoms with E-state index in [-0.39, 0.29) is 6.03 Å². The normalized spacial score (nSPS) is 13.7. The van der Waals surface area contributed by atoms with Gasteiger partial charge in [-0.05, 0) is 36.3 Å². The maximum Gasteiger partial charge on any atom is 0.318 e. The first-order valence-corrected chi connectivity index (χ1v) is 9.73. The standard InChI is InChI=1S/C22H29N3O2/c1-3-24(4-2)16-19-10-11-21-20(14-19)17-25(12-13-27-21)22(26)23-15-18-8-6-5-7-9-18/h5-11,14H,3-4,12-13,15-17H2,1-2H3,(H,23,26). The fraction of sp³-hybridized carbons (Fsp3) is 0.409. The molecule has 2 amide bonds. The summed E-state index contributed by atoms with van der Waals surface area (Å²) in [4.78, 5) is 16.8. The number of urea groups is 1. The van der Waals surface area contributed by atoms with Crippen LogP contribution >= 0.6 is 0 Å². The molecule has 0 radical (unpaired) electrons. The van der Waals surface area contributed by atoms with Crippen molar-refractivity contribution in [2.24, 2.45) is 0 Å². The Hall–Kier alpha value is -2.53. The maximum absolute atomic E-state index is 12.6. The van der Waals surface area contributed by atoms with Crippen molar-refractivity contribution in [3.63, 3.8) is 0 Å². The molecular weight excluding hydrogens is 338 g/mol. The van der Waals surface area contributed by atoms with E-state index in [1.165, 1.54) is 5.56 Å². The predicted octanol–water partition coefficient (Wildman–Crippen LogP) is 3.63. The number of rotatable bonds is 6. The summed E-state index contributed by atoms with van der Waals surface area (Å²) in [6.45, 7) is 9.52. The largest absolute Gasteiger partial charge is 0.491 e. The molecule has 0 spiro atoms. The van der Waals surface area contributed by atoms with Gasteiger partial charge in [0.1, 0.15) is 12.4 Å². The third-order valence-corrected chi connectivity index (χ3v) is 4.98. The van der Waals surface area contributed by atoms with Crippen LogP contribution in [0.25, 0.3) is 0 Å². The lowest BCUT2D eigenvalue weighted by Gasteiger charge is -2.21. The highest BCUT2D eigenvalue weighted by atomic mass is 16.5. The zero-order chi connectivity index (χ0) is 19.1. The van der Waals surface area contributed by atoms with Gasteiger partial charge < -0.3 is 15.0 Å². The molecule has 0 unspecified atom stereocenters. The average Bonchev–Trinajstić information content (AvgIpc) is 2.93. The van der Waals surface area contributed by atoms with Crippen LogP contribution in [0.3, 0.4) is 0 Å². The number of ether oxygens (including phenoxy) is 1. The topological polar surface area (TPSA) is 44.8 Å². The van der Waals surface area contributed by atoms with Gasteiger partial charge in [-0.1, -0.05) is 50.2 Å². The Morgan fingerprint density at radius 3 is 2.63 bits per heavy atom. The monoisotopic (exact) mass is 367 g/mol. The fourth-order valence-corrected chi connectivity index (χ4v) is 3.31. The Kier molecular flexibility index (Phi) is 6.71. The summed E-state index contributed by atoms with van der Waals surface area (Å²) in [5.41, 5.74) is 3.43. The SMILES string of the molecule is CCN(CC)Cc1ccc2c(c1)CN(C(=O)NCc1ccccc1)CCO2. The van der Waals surface area contributed by atoms with Crippen LogP contribution in [-0.2, 0) is 19.6 Å². The molecule has 27 heavy (non-hydrogen) atoms. The van der Waals surface area contributed by atoms with Gasteiger partial charge in [0.2, 0.25) is 0 Å². The Morgan fingerprint density at radius 1 is 1.11 bits per heavy atom. The van der Waals surface area contributed by atoms with Gasteiger partial charge in [0, 0.05) is 18.7 Å². The number of carbonyl (C=O) groups is 1. The van der Waals surface area contributed by atoms with Crippen molar-refractivity contribution in [3.05, 3.63) is 65.2 Å². The minimum Gasteiger partial charge on any atom is -0.491 e. The van der Waals surface area contributed by atoms with Crippen molar-refractivity contribution >= 4 is 6.03 Å². The molecule has 0 bridgehead atoms. The Labute approximate surface area is 161 Å². The van der Waals surface area contributed by atoms with Gasteiger partial charge in [-0.2, -0.15) is 0 Å². The highest BCUT2D eigenvalue weighted by molar-refractivity contribution is 5.74. The van der Waals surface area contributed by atoms with Crippen LogP contribution in [-0.4, -0.2) is 42.1 Å². The minimum atomic E-state index is -0.0514. The van der Waals surface area contributed by atoms with Crippen LogP contribution in [0.2, 0.25) is 0 Å². The van der Waals surface area contributed by atoms with E-state index in [2.05, 4.69) is 36.2 Å². The number of nitrogens with zero attached hydrogens (tertiary/aromatic N) is 2. The molecule has 0 saturated carbocycles. The summed E-state index contributed by atoms with van der Waals surface area (Å²) >= 11 is 0. The van der Waals surface area contributed by atoms with Crippen molar-refractivity contribution in [3.8, 4) is 5.75 Å². The molecule has 0 saturated heterocycles. The third kappa shape index (κ3) is 5.23. The van der Waals surface area contributed by atoms with E-state index in [9.17, 15) is 4.79 Å². The van der Waals surface area contributed by atoms with Crippen LogP contribution < -0.4 is 10.1 Å². The number of nitrogens with one attached hydrogen (secondary N) is 1. The van der Waals surface area contributed by atoms with Crippen molar-refractivity contribution in [1.29, 1.82) is 0 Å². The predicted molar refractivity (Wildman–Crippen MR) is 108 cm³/mol. The second kappa shape index (κ2) is 9.42. The lowest BCUT2D eigenvalue weighted by Crippen LogP contribution is -2.40. The van der Waals surface area contributed by atoms with E-state index in [1.54, 1.807) is 0 Å². The first-order chi connectivity index (χ1) is 13.2. The smallest absolute Gasteiger partial charge is 0.318 e. The van der Waals surface area contributed by atoms with Gasteiger partial charge in [0.05, 0.1) is 13.1 Å². The number of carbonyl (C=O) groups excluding carboxylic acids is 1. The van der Waals surface area contributed by atoms with Crippen molar-refractivity contribution in [1.82, 2.24) is 15.1 Å². The summed E-state index contributed by atoms with van der Waals surface area (Å²) in [6, 6.07) is 16.3. The van der Waals surface area contributed by atoms with E-state index in [1.807, 2.05) is 41.3 Å². The lowest BCUT2D eigenvalue weighted by molar-refractivity contribution is 0.187. The molecule has 5 heteroatoms. The lowest BCUT2D eigenvalue weighted by atomic mass is 10.1. The second-order valence-corrected chi connectivity index (χ2v) is 6.82. The molecule has 1 aliphatic heterocycles. The summed E-state index contributed by atoms with van der Waals surface area (Å²) in [5.74, 6) is 0.886. The van der Waals surface area contributed by atoms with Gasteiger partial charge in [-0.15, -0.1) is 0 Å². The summed E-state index contributed by atoms with van der Waals surface area (Å²) < 4.78 is 5.87. The zero-order valence-electron chi connectivity index (χ0n) is 16.3. The summed E-state index contributed by atoms with van der Waals surface area (Å²) in [6.07, 6.45) is 0. The molecule has 0 atom stereocenters. The summed E-state index contributed by atoms with van der Waals surface area (Å²) in [5, 5.41) is 3.02. The highest BCUT2D eigenvalue weighted by Crippen LogP contribution is 2.25. The molecule has 144 valence electrons. The minimum absolute atomic E-state index is 0.0514. The van der Waals surface area contributed by atoms with Gasteiger partial charge >= 0.3 is 6.03 Å². The Morgan fingerprint density at radius 2 is 1.89 bits per heavy atom. The molecule has 1 heterocycles. The number of hydrogen-bond donors (Lipinski definition) is 1. The highest BCUT2D eigenvalue weighted by Gasteiger charge is 2.20. The second-order valence-electron chi connectivity index (χ2n) is 6.82. The molecule has 2 aromatic rings. The van der Waals surface area contributed by atoms with Gasteiger partial charge in [-0.3, -0.25) is 4.90 Å². The van der Waals surface area contributed by atoms with E-state index >= 15 is 0 Å². The third-order valence-electron chi connectivity index (χ3n) is 4.98. The first-order valence-electron chi connectivity index (χ1n) is 9.73. The molecule has 1 N–H and O–H groups in total. The van der Waals surface area contributed by atoms with Crippen molar-refractivity contribution in [2.75, 3.05) is 26.2 Å². The summed E-state index contributed by atoms with van der Waals surface area (Å²) in [7, 11) is 0. The number of amides is 2. The van der Waals surface area contributed by atoms with Gasteiger partial charge in [-0.25, -0.2) is 4.79 Å². The maximum atomic E-state index is 12.6. The van der Waals surface area contributed by atoms with Crippen LogP contribution in [0.1, 0.15) is 30.5 Å². The zero-order valence-corrected chi connectivity index (χ0v) is 16.3. The van der Waals surface area contributed by atoms with Crippen LogP contribution in [0.15, 0.2) is 48.5 Å². The molecule has 0 aromatic heterocycles. The van der Waals surface area contributed by atoms with Gasteiger partial charge in [0.15, 0.2) is 0 Å². The van der Waals surface area contributed by atoms with Crippen molar-refractivity contribution < 1.29 is 9.53 Å². The quantitative estimate of drug-likeness (QED) is 0.848. The molecule has 1 aliphatic rings. The van der Waals surface area contributed by atoms with Crippen LogP contribution in [0.5, 0.6) is 5.75 Å².